The van der Waals surface area contributed by atoms with Crippen LogP contribution in [0.1, 0.15) is 12.0 Å². The van der Waals surface area contributed by atoms with Crippen molar-refractivity contribution in [3.05, 3.63) is 42.0 Å². The standard InChI is InChI=1S/C11H14N4/c12-10-1-4-11(13,8-15-10)7-9-2-5-14-6-3-9/h1-3,5-6,8H,4,7,12-13H2. The van der Waals surface area contributed by atoms with Crippen LogP contribution in [0.4, 0.5) is 0 Å². The minimum absolute atomic E-state index is 0.412. The summed E-state index contributed by atoms with van der Waals surface area (Å²) in [5.74, 6) is 0.547. The highest BCUT2D eigenvalue weighted by Gasteiger charge is 2.24. The van der Waals surface area contributed by atoms with Gasteiger partial charge in [-0.1, -0.05) is 0 Å². The molecule has 4 N–H and O–H groups in total. The number of aromatic nitrogens is 1. The van der Waals surface area contributed by atoms with E-state index in [1.54, 1.807) is 18.6 Å². The van der Waals surface area contributed by atoms with Gasteiger partial charge in [-0.25, -0.2) is 4.99 Å². The van der Waals surface area contributed by atoms with E-state index in [0.29, 0.717) is 5.82 Å². The molecule has 0 aromatic carbocycles. The zero-order valence-electron chi connectivity index (χ0n) is 8.43. The molecule has 0 amide bonds. The molecule has 78 valence electrons. The van der Waals surface area contributed by atoms with Gasteiger partial charge < -0.3 is 11.5 Å². The van der Waals surface area contributed by atoms with Crippen molar-refractivity contribution in [1.82, 2.24) is 4.98 Å². The second-order valence-electron chi connectivity index (χ2n) is 3.86. The lowest BCUT2D eigenvalue weighted by molar-refractivity contribution is 0.571. The number of hydrogen-bond donors (Lipinski definition) is 2. The van der Waals surface area contributed by atoms with E-state index in [2.05, 4.69) is 9.98 Å². The lowest BCUT2D eigenvalue weighted by Gasteiger charge is -2.26. The van der Waals surface area contributed by atoms with Crippen LogP contribution in [-0.4, -0.2) is 16.7 Å². The van der Waals surface area contributed by atoms with Crippen LogP contribution < -0.4 is 11.5 Å². The van der Waals surface area contributed by atoms with Crippen LogP contribution in [0.25, 0.3) is 0 Å². The van der Waals surface area contributed by atoms with Gasteiger partial charge in [0.2, 0.25) is 0 Å². The molecule has 2 rings (SSSR count). The summed E-state index contributed by atoms with van der Waals surface area (Å²) in [5, 5.41) is 0. The average Bonchev–Trinajstić information content (AvgIpc) is 2.24. The molecule has 0 saturated heterocycles. The topological polar surface area (TPSA) is 77.3 Å². The van der Waals surface area contributed by atoms with Crippen LogP contribution in [0.3, 0.4) is 0 Å². The van der Waals surface area contributed by atoms with Crippen molar-refractivity contribution in [2.75, 3.05) is 0 Å². The predicted molar refractivity (Wildman–Crippen MR) is 60.2 cm³/mol. The highest BCUT2D eigenvalue weighted by atomic mass is 14.9. The highest BCUT2D eigenvalue weighted by Crippen LogP contribution is 2.17. The third kappa shape index (κ3) is 2.41. The molecule has 1 aromatic rings. The zero-order valence-corrected chi connectivity index (χ0v) is 8.43. The van der Waals surface area contributed by atoms with E-state index in [4.69, 9.17) is 11.5 Å². The molecule has 1 atom stereocenters. The van der Waals surface area contributed by atoms with Crippen LogP contribution in [-0.2, 0) is 6.42 Å². The maximum absolute atomic E-state index is 6.18. The molecule has 2 heterocycles. The summed E-state index contributed by atoms with van der Waals surface area (Å²) in [4.78, 5) is 8.02. The first kappa shape index (κ1) is 9.86. The van der Waals surface area contributed by atoms with E-state index in [9.17, 15) is 0 Å². The molecule has 0 bridgehead atoms. The van der Waals surface area contributed by atoms with Gasteiger partial charge in [0.25, 0.3) is 0 Å². The van der Waals surface area contributed by atoms with Crippen LogP contribution in [0.15, 0.2) is 41.4 Å². The molecule has 0 radical (unpaired) electrons. The summed E-state index contributed by atoms with van der Waals surface area (Å²) in [6.07, 6.45) is 8.61. The molecule has 15 heavy (non-hydrogen) atoms. The Balaban J connectivity index is 2.10. The Hall–Kier alpha value is -1.68. The summed E-state index contributed by atoms with van der Waals surface area (Å²) in [7, 11) is 0. The first-order valence-electron chi connectivity index (χ1n) is 4.87. The van der Waals surface area contributed by atoms with Crippen molar-refractivity contribution in [2.24, 2.45) is 16.5 Å². The van der Waals surface area contributed by atoms with E-state index in [1.807, 2.05) is 18.2 Å². The van der Waals surface area contributed by atoms with E-state index in [0.717, 1.165) is 18.4 Å². The molecule has 1 aliphatic rings. The molecule has 1 unspecified atom stereocenters. The Morgan fingerprint density at radius 1 is 1.33 bits per heavy atom. The largest absolute Gasteiger partial charge is 0.384 e. The molecule has 1 aromatic heterocycles. The van der Waals surface area contributed by atoms with Crippen LogP contribution in [0, 0.1) is 0 Å². The fraction of sp³-hybridized carbons (Fsp3) is 0.273. The fourth-order valence-electron chi connectivity index (χ4n) is 1.60. The lowest BCUT2D eigenvalue weighted by atomic mass is 9.89. The molecular weight excluding hydrogens is 188 g/mol. The number of nitrogens with zero attached hydrogens (tertiary/aromatic N) is 2. The maximum Gasteiger partial charge on any atom is 0.118 e. The minimum Gasteiger partial charge on any atom is -0.384 e. The summed E-state index contributed by atoms with van der Waals surface area (Å²) in [6.45, 7) is 0. The van der Waals surface area contributed by atoms with Crippen LogP contribution in [0.5, 0.6) is 0 Å². The number of nitrogens with two attached hydrogens (primary N) is 2. The van der Waals surface area contributed by atoms with Crippen molar-refractivity contribution in [1.29, 1.82) is 0 Å². The second kappa shape index (κ2) is 3.82. The molecule has 0 aliphatic carbocycles. The fourth-order valence-corrected chi connectivity index (χ4v) is 1.60. The van der Waals surface area contributed by atoms with Crippen molar-refractivity contribution in [3.63, 3.8) is 0 Å². The van der Waals surface area contributed by atoms with Gasteiger partial charge in [-0.05, 0) is 36.6 Å². The van der Waals surface area contributed by atoms with Gasteiger partial charge >= 0.3 is 0 Å². The van der Waals surface area contributed by atoms with Crippen LogP contribution >= 0.6 is 0 Å². The van der Waals surface area contributed by atoms with E-state index >= 15 is 0 Å². The van der Waals surface area contributed by atoms with E-state index in [1.165, 1.54) is 0 Å². The normalized spacial score (nSPS) is 25.0. The van der Waals surface area contributed by atoms with E-state index in [-0.39, 0.29) is 0 Å². The Kier molecular flexibility index (Phi) is 2.51. The molecule has 4 heteroatoms. The van der Waals surface area contributed by atoms with Gasteiger partial charge in [-0.3, -0.25) is 4.98 Å². The minimum atomic E-state index is -0.412. The maximum atomic E-state index is 6.18. The predicted octanol–water partition coefficient (Wildman–Crippen LogP) is 0.596. The summed E-state index contributed by atoms with van der Waals surface area (Å²) in [6, 6.07) is 3.92. The number of pyridine rings is 1. The summed E-state index contributed by atoms with van der Waals surface area (Å²) < 4.78 is 0. The Bertz CT molecular complexity index is 396. The number of rotatable bonds is 2. The Morgan fingerprint density at radius 3 is 2.67 bits per heavy atom. The summed E-state index contributed by atoms with van der Waals surface area (Å²) >= 11 is 0. The highest BCUT2D eigenvalue weighted by molar-refractivity contribution is 5.73. The van der Waals surface area contributed by atoms with Crippen LogP contribution in [0.2, 0.25) is 0 Å². The van der Waals surface area contributed by atoms with Gasteiger partial charge in [0.05, 0.1) is 5.54 Å². The Morgan fingerprint density at radius 2 is 2.07 bits per heavy atom. The second-order valence-corrected chi connectivity index (χ2v) is 3.86. The molecule has 0 spiro atoms. The molecule has 1 aliphatic heterocycles. The first-order valence-corrected chi connectivity index (χ1v) is 4.87. The zero-order chi connectivity index (χ0) is 10.7. The van der Waals surface area contributed by atoms with Gasteiger partial charge in [0.15, 0.2) is 0 Å². The quantitative estimate of drug-likeness (QED) is 0.737. The van der Waals surface area contributed by atoms with Gasteiger partial charge in [-0.2, -0.15) is 0 Å². The van der Waals surface area contributed by atoms with Gasteiger partial charge in [0.1, 0.15) is 5.82 Å². The van der Waals surface area contributed by atoms with Gasteiger partial charge in [-0.15, -0.1) is 0 Å². The van der Waals surface area contributed by atoms with Crippen molar-refractivity contribution < 1.29 is 0 Å². The SMILES string of the molecule is NC1=CCC(N)(Cc2ccncc2)C=N1. The van der Waals surface area contributed by atoms with Crippen molar-refractivity contribution in [2.45, 2.75) is 18.4 Å². The van der Waals surface area contributed by atoms with E-state index < -0.39 is 5.54 Å². The monoisotopic (exact) mass is 202 g/mol. The molecule has 4 nitrogen and oxygen atoms in total. The molecular formula is C11H14N4. The van der Waals surface area contributed by atoms with Crippen molar-refractivity contribution >= 4 is 6.21 Å². The van der Waals surface area contributed by atoms with Crippen molar-refractivity contribution in [3.8, 4) is 0 Å². The first-order chi connectivity index (χ1) is 7.18. The summed E-state index contributed by atoms with van der Waals surface area (Å²) in [5.41, 5.74) is 12.5. The van der Waals surface area contributed by atoms with Gasteiger partial charge in [0, 0.05) is 18.6 Å². The third-order valence-corrected chi connectivity index (χ3v) is 2.44. The lowest BCUT2D eigenvalue weighted by Crippen LogP contribution is -2.44. The molecule has 0 saturated carbocycles. The molecule has 0 fully saturated rings. The smallest absolute Gasteiger partial charge is 0.118 e. The Labute approximate surface area is 88.7 Å². The third-order valence-electron chi connectivity index (χ3n) is 2.44. The number of hydrogen-bond acceptors (Lipinski definition) is 4. The average molecular weight is 202 g/mol. The number of aliphatic imine (C=N–C) groups is 1.